The van der Waals surface area contributed by atoms with Gasteiger partial charge in [0.2, 0.25) is 0 Å². The first-order chi connectivity index (χ1) is 9.08. The Bertz CT molecular complexity index is 638. The Morgan fingerprint density at radius 1 is 1.42 bits per heavy atom. The number of aryl methyl sites for hydroxylation is 1. The number of carbonyl (C=O) groups is 1. The van der Waals surface area contributed by atoms with E-state index in [0.717, 1.165) is 32.8 Å². The molecule has 3 nitrogen and oxygen atoms in total. The van der Waals surface area contributed by atoms with Crippen LogP contribution in [0.25, 0.3) is 10.9 Å². The Balaban J connectivity index is 2.79. The number of hydrogen-bond donors (Lipinski definition) is 0. The summed E-state index contributed by atoms with van der Waals surface area (Å²) in [6.45, 7) is 3.56. The Kier molecular flexibility index (Phi) is 4.10. The number of thioether (sulfide) groups is 1. The summed E-state index contributed by atoms with van der Waals surface area (Å²) < 4.78 is 5.36. The summed E-state index contributed by atoms with van der Waals surface area (Å²) in [5.74, 6) is 0.924. The van der Waals surface area contributed by atoms with Gasteiger partial charge >= 0.3 is 0 Å². The number of methoxy groups -OCH3 is 1. The van der Waals surface area contributed by atoms with Gasteiger partial charge in [0.25, 0.3) is 0 Å². The molecule has 1 heterocycles. The molecule has 0 saturated carbocycles. The van der Waals surface area contributed by atoms with Crippen molar-refractivity contribution in [1.82, 2.24) is 4.98 Å². The standard InChI is InChI=1S/C15H17NO2S/c1-9(17)8-12-10(2)16-14-11(15(12)19-4)6-5-7-13(14)18-3/h5-7H,8H2,1-4H3. The first kappa shape index (κ1) is 13.9. The summed E-state index contributed by atoms with van der Waals surface area (Å²) in [6.07, 6.45) is 2.46. The molecule has 100 valence electrons. The van der Waals surface area contributed by atoms with E-state index in [1.807, 2.05) is 31.4 Å². The normalized spacial score (nSPS) is 10.7. The van der Waals surface area contributed by atoms with Crippen LogP contribution in [0.5, 0.6) is 5.75 Å². The third-order valence-electron chi connectivity index (χ3n) is 3.08. The van der Waals surface area contributed by atoms with Gasteiger partial charge in [-0.05, 0) is 31.7 Å². The zero-order valence-corrected chi connectivity index (χ0v) is 12.4. The number of benzene rings is 1. The Morgan fingerprint density at radius 2 is 2.16 bits per heavy atom. The largest absolute Gasteiger partial charge is 0.494 e. The number of nitrogens with zero attached hydrogens (tertiary/aromatic N) is 1. The number of ketones is 1. The molecular formula is C15H17NO2S. The highest BCUT2D eigenvalue weighted by Crippen LogP contribution is 2.35. The van der Waals surface area contributed by atoms with Crippen LogP contribution in [0.2, 0.25) is 0 Å². The highest BCUT2D eigenvalue weighted by Gasteiger charge is 2.15. The fourth-order valence-corrected chi connectivity index (χ4v) is 3.09. The molecule has 0 N–H and O–H groups in total. The number of rotatable bonds is 4. The van der Waals surface area contributed by atoms with E-state index in [2.05, 4.69) is 4.98 Å². The van der Waals surface area contributed by atoms with Crippen molar-refractivity contribution in [1.29, 1.82) is 0 Å². The van der Waals surface area contributed by atoms with Gasteiger partial charge < -0.3 is 4.74 Å². The molecule has 2 aromatic rings. The van der Waals surface area contributed by atoms with E-state index >= 15 is 0 Å². The van der Waals surface area contributed by atoms with Crippen LogP contribution in [0.4, 0.5) is 0 Å². The lowest BCUT2D eigenvalue weighted by Crippen LogP contribution is -2.04. The van der Waals surface area contributed by atoms with E-state index in [4.69, 9.17) is 4.74 Å². The number of aromatic nitrogens is 1. The van der Waals surface area contributed by atoms with Crippen LogP contribution < -0.4 is 4.74 Å². The molecule has 0 aliphatic carbocycles. The van der Waals surface area contributed by atoms with Gasteiger partial charge in [-0.25, -0.2) is 4.98 Å². The molecule has 1 aromatic heterocycles. The molecule has 0 radical (unpaired) electrons. The maximum absolute atomic E-state index is 11.4. The average Bonchev–Trinajstić information content (AvgIpc) is 2.38. The van der Waals surface area contributed by atoms with Crippen molar-refractivity contribution in [2.24, 2.45) is 0 Å². The molecule has 2 rings (SSSR count). The molecule has 0 saturated heterocycles. The number of ether oxygens (including phenoxy) is 1. The number of fused-ring (bicyclic) bond motifs is 1. The summed E-state index contributed by atoms with van der Waals surface area (Å²) >= 11 is 1.65. The molecule has 0 bridgehead atoms. The molecule has 0 spiro atoms. The summed E-state index contributed by atoms with van der Waals surface area (Å²) in [5, 5.41) is 1.05. The first-order valence-corrected chi connectivity index (χ1v) is 7.30. The van der Waals surface area contributed by atoms with Gasteiger partial charge in [0, 0.05) is 22.4 Å². The van der Waals surface area contributed by atoms with Crippen molar-refractivity contribution in [3.05, 3.63) is 29.5 Å². The van der Waals surface area contributed by atoms with Crippen LogP contribution in [0.15, 0.2) is 23.1 Å². The van der Waals surface area contributed by atoms with Crippen LogP contribution in [-0.2, 0) is 11.2 Å². The number of carbonyl (C=O) groups excluding carboxylic acids is 1. The number of pyridine rings is 1. The van der Waals surface area contributed by atoms with Crippen LogP contribution in [0.1, 0.15) is 18.2 Å². The SMILES string of the molecule is COc1cccc2c(SC)c(CC(C)=O)c(C)nc12. The number of hydrogen-bond acceptors (Lipinski definition) is 4. The highest BCUT2D eigenvalue weighted by molar-refractivity contribution is 7.98. The minimum Gasteiger partial charge on any atom is -0.494 e. The van der Waals surface area contributed by atoms with Gasteiger partial charge in [0.05, 0.1) is 7.11 Å². The zero-order chi connectivity index (χ0) is 14.0. The van der Waals surface area contributed by atoms with Gasteiger partial charge in [-0.3, -0.25) is 4.79 Å². The molecule has 19 heavy (non-hydrogen) atoms. The number of para-hydroxylation sites is 1. The molecule has 0 aliphatic rings. The van der Waals surface area contributed by atoms with Crippen molar-refractivity contribution >= 4 is 28.4 Å². The first-order valence-electron chi connectivity index (χ1n) is 6.08. The van der Waals surface area contributed by atoms with Gasteiger partial charge in [-0.15, -0.1) is 11.8 Å². The van der Waals surface area contributed by atoms with E-state index in [-0.39, 0.29) is 5.78 Å². The zero-order valence-electron chi connectivity index (χ0n) is 11.6. The van der Waals surface area contributed by atoms with Crippen molar-refractivity contribution in [3.63, 3.8) is 0 Å². The molecule has 0 fully saturated rings. The third kappa shape index (κ3) is 2.59. The molecule has 0 aliphatic heterocycles. The van der Waals surface area contributed by atoms with Crippen LogP contribution in [0.3, 0.4) is 0 Å². The van der Waals surface area contributed by atoms with E-state index in [1.54, 1.807) is 25.8 Å². The highest BCUT2D eigenvalue weighted by atomic mass is 32.2. The smallest absolute Gasteiger partial charge is 0.145 e. The Morgan fingerprint density at radius 3 is 2.74 bits per heavy atom. The van der Waals surface area contributed by atoms with Crippen molar-refractivity contribution < 1.29 is 9.53 Å². The van der Waals surface area contributed by atoms with Gasteiger partial charge in [0.15, 0.2) is 0 Å². The predicted octanol–water partition coefficient (Wildman–Crippen LogP) is 3.41. The predicted molar refractivity (Wildman–Crippen MR) is 79.2 cm³/mol. The van der Waals surface area contributed by atoms with Crippen LogP contribution in [-0.4, -0.2) is 24.1 Å². The second-order valence-electron chi connectivity index (χ2n) is 4.44. The summed E-state index contributed by atoms with van der Waals surface area (Å²) in [5.41, 5.74) is 2.79. The molecule has 0 amide bonds. The van der Waals surface area contributed by atoms with Crippen molar-refractivity contribution in [3.8, 4) is 5.75 Å². The fraction of sp³-hybridized carbons (Fsp3) is 0.333. The van der Waals surface area contributed by atoms with E-state index in [1.165, 1.54) is 0 Å². The number of Topliss-reactive ketones (excluding diaryl/α,β-unsaturated/α-hetero) is 1. The maximum Gasteiger partial charge on any atom is 0.145 e. The van der Waals surface area contributed by atoms with E-state index < -0.39 is 0 Å². The second-order valence-corrected chi connectivity index (χ2v) is 5.26. The average molecular weight is 275 g/mol. The van der Waals surface area contributed by atoms with E-state index in [0.29, 0.717) is 6.42 Å². The van der Waals surface area contributed by atoms with Crippen LogP contribution >= 0.6 is 11.8 Å². The Labute approximate surface area is 117 Å². The molecular weight excluding hydrogens is 258 g/mol. The lowest BCUT2D eigenvalue weighted by Gasteiger charge is -2.14. The summed E-state index contributed by atoms with van der Waals surface area (Å²) in [6, 6.07) is 5.89. The van der Waals surface area contributed by atoms with Gasteiger partial charge in [0.1, 0.15) is 17.0 Å². The molecule has 0 atom stereocenters. The summed E-state index contributed by atoms with van der Waals surface area (Å²) in [7, 11) is 1.65. The fourth-order valence-electron chi connectivity index (χ4n) is 2.24. The minimum absolute atomic E-state index is 0.155. The van der Waals surface area contributed by atoms with Gasteiger partial charge in [-0.2, -0.15) is 0 Å². The monoisotopic (exact) mass is 275 g/mol. The minimum atomic E-state index is 0.155. The lowest BCUT2D eigenvalue weighted by molar-refractivity contribution is -0.116. The van der Waals surface area contributed by atoms with E-state index in [9.17, 15) is 4.79 Å². The molecule has 0 unspecified atom stereocenters. The van der Waals surface area contributed by atoms with Gasteiger partial charge in [-0.1, -0.05) is 12.1 Å². The third-order valence-corrected chi connectivity index (χ3v) is 3.96. The maximum atomic E-state index is 11.4. The van der Waals surface area contributed by atoms with Crippen LogP contribution in [0, 0.1) is 6.92 Å². The second kappa shape index (κ2) is 5.61. The molecule has 1 aromatic carbocycles. The lowest BCUT2D eigenvalue weighted by atomic mass is 10.0. The molecule has 4 heteroatoms. The Hall–Kier alpha value is -1.55. The summed E-state index contributed by atoms with van der Waals surface area (Å²) in [4.78, 5) is 17.2. The quantitative estimate of drug-likeness (QED) is 0.802. The topological polar surface area (TPSA) is 39.2 Å². The van der Waals surface area contributed by atoms with Crippen molar-refractivity contribution in [2.75, 3.05) is 13.4 Å². The van der Waals surface area contributed by atoms with Crippen molar-refractivity contribution in [2.45, 2.75) is 25.2 Å².